The van der Waals surface area contributed by atoms with Crippen molar-refractivity contribution >= 4 is 20.9 Å². The van der Waals surface area contributed by atoms with Gasteiger partial charge in [0.25, 0.3) is 0 Å². The van der Waals surface area contributed by atoms with Crippen molar-refractivity contribution in [1.82, 2.24) is 0 Å². The molecular formula is C22H31KO3S. The van der Waals surface area contributed by atoms with Gasteiger partial charge in [-0.1, -0.05) is 70.6 Å². The summed E-state index contributed by atoms with van der Waals surface area (Å²) >= 11 is 0. The van der Waals surface area contributed by atoms with E-state index in [-0.39, 0.29) is 56.3 Å². The van der Waals surface area contributed by atoms with Gasteiger partial charge in [0, 0.05) is 0 Å². The number of unbranched alkanes of at least 4 members (excludes halogenated alkanes) is 6. The molecule has 0 aliphatic carbocycles. The van der Waals surface area contributed by atoms with Gasteiger partial charge in [0.15, 0.2) is 0 Å². The standard InChI is InChI=1S/C22H32O3S.K/c1-3-5-7-9-11-18-13-14-19-17-22(26(23,24)25)20(16-21(19)15-18)12-10-8-6-4-2;/h13-17H,3-12H2,1-2H3,(H,23,24,25);/q;+1/p-1. The summed E-state index contributed by atoms with van der Waals surface area (Å²) in [5, 5.41) is 1.87. The molecule has 0 aromatic heterocycles. The maximum atomic E-state index is 11.7. The number of hydrogen-bond acceptors (Lipinski definition) is 3. The van der Waals surface area contributed by atoms with Crippen LogP contribution in [0.3, 0.4) is 0 Å². The molecule has 0 radical (unpaired) electrons. The molecule has 0 saturated heterocycles. The monoisotopic (exact) mass is 414 g/mol. The van der Waals surface area contributed by atoms with Gasteiger partial charge in [-0.2, -0.15) is 0 Å². The summed E-state index contributed by atoms with van der Waals surface area (Å²) in [6, 6.07) is 9.63. The zero-order valence-corrected chi connectivity index (χ0v) is 21.0. The number of benzene rings is 2. The predicted octanol–water partition coefficient (Wildman–Crippen LogP) is 2.99. The van der Waals surface area contributed by atoms with Gasteiger partial charge in [-0.3, -0.25) is 0 Å². The summed E-state index contributed by atoms with van der Waals surface area (Å²) in [4.78, 5) is -0.0443. The molecule has 2 aromatic rings. The van der Waals surface area contributed by atoms with Crippen LogP contribution < -0.4 is 51.4 Å². The van der Waals surface area contributed by atoms with E-state index in [1.54, 1.807) is 6.07 Å². The van der Waals surface area contributed by atoms with E-state index in [0.29, 0.717) is 12.0 Å². The third-order valence-corrected chi connectivity index (χ3v) is 5.89. The molecule has 0 aliphatic rings. The van der Waals surface area contributed by atoms with Gasteiger partial charge in [-0.15, -0.1) is 0 Å². The van der Waals surface area contributed by atoms with Crippen LogP contribution in [0.5, 0.6) is 0 Å². The molecule has 0 bridgehead atoms. The number of hydrogen-bond donors (Lipinski definition) is 0. The Bertz CT molecular complexity index is 816. The smallest absolute Gasteiger partial charge is 0.744 e. The van der Waals surface area contributed by atoms with Crippen molar-refractivity contribution in [2.75, 3.05) is 0 Å². The first-order valence-corrected chi connectivity index (χ1v) is 11.4. The maximum absolute atomic E-state index is 11.7. The number of aryl methyl sites for hydroxylation is 2. The SMILES string of the molecule is CCCCCCc1ccc2cc(S(=O)(=O)[O-])c(CCCCCC)cc2c1.[K+]. The first kappa shape index (κ1) is 25.3. The van der Waals surface area contributed by atoms with Crippen molar-refractivity contribution in [2.24, 2.45) is 0 Å². The van der Waals surface area contributed by atoms with Crippen LogP contribution in [0.1, 0.15) is 76.3 Å². The molecule has 27 heavy (non-hydrogen) atoms. The minimum atomic E-state index is -4.45. The summed E-state index contributed by atoms with van der Waals surface area (Å²) in [5.74, 6) is 0. The van der Waals surface area contributed by atoms with Crippen molar-refractivity contribution in [3.8, 4) is 0 Å². The van der Waals surface area contributed by atoms with Crippen LogP contribution in [-0.2, 0) is 23.0 Å². The molecule has 2 aromatic carbocycles. The molecule has 0 spiro atoms. The topological polar surface area (TPSA) is 57.2 Å². The minimum absolute atomic E-state index is 0. The zero-order chi connectivity index (χ0) is 19.0. The van der Waals surface area contributed by atoms with Crippen LogP contribution in [0.4, 0.5) is 0 Å². The van der Waals surface area contributed by atoms with E-state index < -0.39 is 10.1 Å². The zero-order valence-electron chi connectivity index (χ0n) is 17.1. The molecular weight excluding hydrogens is 383 g/mol. The van der Waals surface area contributed by atoms with E-state index in [0.717, 1.165) is 42.9 Å². The predicted molar refractivity (Wildman–Crippen MR) is 108 cm³/mol. The third-order valence-electron chi connectivity index (χ3n) is 4.97. The summed E-state index contributed by atoms with van der Waals surface area (Å²) < 4.78 is 35.1. The van der Waals surface area contributed by atoms with Crippen LogP contribution in [0.25, 0.3) is 10.8 Å². The van der Waals surface area contributed by atoms with E-state index in [2.05, 4.69) is 26.0 Å². The molecule has 5 heteroatoms. The summed E-state index contributed by atoms with van der Waals surface area (Å²) in [7, 11) is -4.45. The Morgan fingerprint density at radius 3 is 2.00 bits per heavy atom. The number of fused-ring (bicyclic) bond motifs is 1. The second kappa shape index (κ2) is 12.7. The molecule has 0 fully saturated rings. The Morgan fingerprint density at radius 2 is 1.41 bits per heavy atom. The quantitative estimate of drug-likeness (QED) is 0.323. The largest absolute Gasteiger partial charge is 1.00 e. The fraction of sp³-hybridized carbons (Fsp3) is 0.545. The Morgan fingerprint density at radius 1 is 0.778 bits per heavy atom. The van der Waals surface area contributed by atoms with Crippen molar-refractivity contribution < 1.29 is 64.4 Å². The van der Waals surface area contributed by atoms with E-state index >= 15 is 0 Å². The fourth-order valence-electron chi connectivity index (χ4n) is 3.46. The van der Waals surface area contributed by atoms with Gasteiger partial charge in [0.05, 0.1) is 4.90 Å². The van der Waals surface area contributed by atoms with Crippen molar-refractivity contribution in [3.63, 3.8) is 0 Å². The minimum Gasteiger partial charge on any atom is -0.744 e. The fourth-order valence-corrected chi connectivity index (χ4v) is 4.21. The molecule has 2 rings (SSSR count). The molecule has 0 aliphatic heterocycles. The van der Waals surface area contributed by atoms with Crippen LogP contribution in [0, 0.1) is 0 Å². The van der Waals surface area contributed by atoms with Gasteiger partial charge in [-0.05, 0) is 59.7 Å². The van der Waals surface area contributed by atoms with E-state index in [1.165, 1.54) is 31.2 Å². The summed E-state index contributed by atoms with van der Waals surface area (Å²) in [5.41, 5.74) is 1.95. The van der Waals surface area contributed by atoms with E-state index in [1.807, 2.05) is 12.1 Å². The van der Waals surface area contributed by atoms with Gasteiger partial charge < -0.3 is 4.55 Å². The molecule has 0 N–H and O–H groups in total. The van der Waals surface area contributed by atoms with Crippen molar-refractivity contribution in [3.05, 3.63) is 41.5 Å². The first-order valence-electron chi connectivity index (χ1n) is 9.97. The third kappa shape index (κ3) is 8.25. The second-order valence-corrected chi connectivity index (χ2v) is 8.56. The average molecular weight is 415 g/mol. The van der Waals surface area contributed by atoms with Crippen LogP contribution >= 0.6 is 0 Å². The van der Waals surface area contributed by atoms with Crippen molar-refractivity contribution in [2.45, 2.75) is 83.0 Å². The Labute approximate surface area is 207 Å². The van der Waals surface area contributed by atoms with Gasteiger partial charge >= 0.3 is 51.4 Å². The second-order valence-electron chi connectivity index (χ2n) is 7.22. The normalized spacial score (nSPS) is 11.5. The Balaban J connectivity index is 0.00000364. The van der Waals surface area contributed by atoms with Crippen LogP contribution in [0.15, 0.2) is 35.2 Å². The molecule has 0 atom stereocenters. The average Bonchev–Trinajstić information content (AvgIpc) is 2.61. The van der Waals surface area contributed by atoms with Gasteiger partial charge in [0.1, 0.15) is 10.1 Å². The van der Waals surface area contributed by atoms with E-state index in [9.17, 15) is 13.0 Å². The van der Waals surface area contributed by atoms with Crippen LogP contribution in [-0.4, -0.2) is 13.0 Å². The first-order chi connectivity index (χ1) is 12.5. The van der Waals surface area contributed by atoms with Crippen molar-refractivity contribution in [1.29, 1.82) is 0 Å². The van der Waals surface area contributed by atoms with Crippen LogP contribution in [0.2, 0.25) is 0 Å². The molecule has 0 unspecified atom stereocenters. The Hall–Kier alpha value is 0.246. The molecule has 3 nitrogen and oxygen atoms in total. The van der Waals surface area contributed by atoms with E-state index in [4.69, 9.17) is 0 Å². The number of rotatable bonds is 11. The van der Waals surface area contributed by atoms with Gasteiger partial charge in [-0.25, -0.2) is 8.42 Å². The summed E-state index contributed by atoms with van der Waals surface area (Å²) in [6.07, 6.45) is 10.8. The molecule has 0 amide bonds. The maximum Gasteiger partial charge on any atom is 1.00 e. The Kier molecular flexibility index (Phi) is 11.9. The van der Waals surface area contributed by atoms with Gasteiger partial charge in [0.2, 0.25) is 0 Å². The molecule has 0 saturated carbocycles. The molecule has 144 valence electrons. The summed E-state index contributed by atoms with van der Waals surface area (Å²) in [6.45, 7) is 4.35. The molecule has 0 heterocycles.